The van der Waals surface area contributed by atoms with Gasteiger partial charge in [0.2, 0.25) is 10.0 Å². The number of aliphatic hydroxyl groups is 1. The Labute approximate surface area is 99.7 Å². The van der Waals surface area contributed by atoms with Crippen molar-refractivity contribution in [1.82, 2.24) is 9.71 Å². The fourth-order valence-electron chi connectivity index (χ4n) is 1.24. The highest BCUT2D eigenvalue weighted by Gasteiger charge is 2.14. The summed E-state index contributed by atoms with van der Waals surface area (Å²) >= 11 is 0. The largest absolute Gasteiger partial charge is 0.396 e. The van der Waals surface area contributed by atoms with Crippen LogP contribution in [0.3, 0.4) is 0 Å². The van der Waals surface area contributed by atoms with E-state index in [9.17, 15) is 12.8 Å². The van der Waals surface area contributed by atoms with E-state index in [1.54, 1.807) is 0 Å². The molecule has 0 saturated heterocycles. The van der Waals surface area contributed by atoms with Gasteiger partial charge < -0.3 is 5.11 Å². The van der Waals surface area contributed by atoms with E-state index in [0.29, 0.717) is 12.8 Å². The van der Waals surface area contributed by atoms with Gasteiger partial charge >= 0.3 is 0 Å². The van der Waals surface area contributed by atoms with Gasteiger partial charge in [0, 0.05) is 19.3 Å². The molecule has 0 aliphatic carbocycles. The number of aromatic nitrogens is 1. The van der Waals surface area contributed by atoms with Crippen molar-refractivity contribution in [2.75, 3.05) is 13.2 Å². The summed E-state index contributed by atoms with van der Waals surface area (Å²) in [5.74, 6) is -0.687. The molecule has 0 aromatic carbocycles. The Kier molecular flexibility index (Phi) is 5.46. The first-order chi connectivity index (χ1) is 8.06. The average molecular weight is 262 g/mol. The van der Waals surface area contributed by atoms with Crippen LogP contribution in [0.15, 0.2) is 23.4 Å². The quantitative estimate of drug-likeness (QED) is 0.708. The van der Waals surface area contributed by atoms with Gasteiger partial charge in [0.1, 0.15) is 10.7 Å². The molecule has 0 atom stereocenters. The van der Waals surface area contributed by atoms with Crippen LogP contribution in [0.25, 0.3) is 0 Å². The Morgan fingerprint density at radius 3 is 2.71 bits per heavy atom. The fraction of sp³-hybridized carbons (Fsp3) is 0.500. The van der Waals surface area contributed by atoms with E-state index in [-0.39, 0.29) is 18.0 Å². The second kappa shape index (κ2) is 6.63. The van der Waals surface area contributed by atoms with Crippen LogP contribution < -0.4 is 4.72 Å². The predicted octanol–water partition coefficient (Wildman–Crippen LogP) is 0.662. The highest BCUT2D eigenvalue weighted by atomic mass is 32.2. The minimum Gasteiger partial charge on any atom is -0.396 e. The Hall–Kier alpha value is -1.05. The molecule has 1 heterocycles. The molecule has 0 aliphatic heterocycles. The average Bonchev–Trinajstić information content (AvgIpc) is 2.29. The first-order valence-corrected chi connectivity index (χ1v) is 6.75. The molecule has 0 aliphatic rings. The summed E-state index contributed by atoms with van der Waals surface area (Å²) in [6.07, 6.45) is 4.05. The highest BCUT2D eigenvalue weighted by Crippen LogP contribution is 2.08. The number of hydrogen-bond donors (Lipinski definition) is 2. The van der Waals surface area contributed by atoms with E-state index in [1.807, 2.05) is 0 Å². The van der Waals surface area contributed by atoms with Crippen molar-refractivity contribution in [2.24, 2.45) is 0 Å². The molecule has 1 aromatic rings. The lowest BCUT2D eigenvalue weighted by Crippen LogP contribution is -2.25. The third-order valence-corrected chi connectivity index (χ3v) is 3.55. The van der Waals surface area contributed by atoms with E-state index in [4.69, 9.17) is 5.11 Å². The van der Waals surface area contributed by atoms with Crippen molar-refractivity contribution in [3.63, 3.8) is 0 Å². The lowest BCUT2D eigenvalue weighted by Gasteiger charge is -2.05. The minimum atomic E-state index is -3.68. The minimum absolute atomic E-state index is 0.0978. The van der Waals surface area contributed by atoms with Crippen molar-refractivity contribution in [3.05, 3.63) is 24.3 Å². The van der Waals surface area contributed by atoms with Gasteiger partial charge in [-0.25, -0.2) is 17.5 Å². The van der Waals surface area contributed by atoms with Gasteiger partial charge in [0.05, 0.1) is 6.20 Å². The van der Waals surface area contributed by atoms with Crippen LogP contribution in [-0.4, -0.2) is 31.7 Å². The molecule has 2 N–H and O–H groups in total. The maximum atomic E-state index is 12.8. The van der Waals surface area contributed by atoms with Gasteiger partial charge in [0.25, 0.3) is 0 Å². The first-order valence-electron chi connectivity index (χ1n) is 5.27. The number of sulfonamides is 1. The van der Waals surface area contributed by atoms with Crippen LogP contribution in [0, 0.1) is 5.82 Å². The summed E-state index contributed by atoms with van der Waals surface area (Å²) < 4.78 is 38.4. The number of rotatable bonds is 7. The van der Waals surface area contributed by atoms with Crippen molar-refractivity contribution in [2.45, 2.75) is 24.2 Å². The van der Waals surface area contributed by atoms with Crippen LogP contribution in [0.2, 0.25) is 0 Å². The Morgan fingerprint density at radius 2 is 2.06 bits per heavy atom. The number of pyridine rings is 1. The number of aliphatic hydroxyl groups excluding tert-OH is 1. The standard InChI is InChI=1S/C10H15FN2O3S/c11-9-6-10(8-12-7-9)17(15,16)13-4-2-1-3-5-14/h6-8,13-14H,1-5H2. The van der Waals surface area contributed by atoms with Crippen molar-refractivity contribution < 1.29 is 17.9 Å². The molecular formula is C10H15FN2O3S. The van der Waals surface area contributed by atoms with Crippen LogP contribution in [-0.2, 0) is 10.0 Å². The van der Waals surface area contributed by atoms with E-state index < -0.39 is 15.8 Å². The smallest absolute Gasteiger partial charge is 0.242 e. The molecule has 1 aromatic heterocycles. The zero-order valence-electron chi connectivity index (χ0n) is 9.26. The van der Waals surface area contributed by atoms with Gasteiger partial charge in [-0.15, -0.1) is 0 Å². The van der Waals surface area contributed by atoms with Crippen molar-refractivity contribution in [3.8, 4) is 0 Å². The SMILES string of the molecule is O=S(=O)(NCCCCCO)c1cncc(F)c1. The molecule has 96 valence electrons. The lowest BCUT2D eigenvalue weighted by molar-refractivity contribution is 0.283. The lowest BCUT2D eigenvalue weighted by atomic mass is 10.2. The first kappa shape index (κ1) is 14.0. The molecule has 17 heavy (non-hydrogen) atoms. The molecule has 0 spiro atoms. The summed E-state index contributed by atoms with van der Waals surface area (Å²) in [6.45, 7) is 0.361. The van der Waals surface area contributed by atoms with Gasteiger partial charge in [-0.2, -0.15) is 0 Å². The maximum Gasteiger partial charge on any atom is 0.242 e. The molecule has 0 fully saturated rings. The normalized spacial score (nSPS) is 11.6. The number of halogens is 1. The van der Waals surface area contributed by atoms with E-state index in [1.165, 1.54) is 0 Å². The summed E-state index contributed by atoms with van der Waals surface area (Å²) in [4.78, 5) is 3.30. The number of unbranched alkanes of at least 4 members (excludes halogenated alkanes) is 2. The fourth-order valence-corrected chi connectivity index (χ4v) is 2.29. The van der Waals surface area contributed by atoms with Gasteiger partial charge in [-0.1, -0.05) is 0 Å². The second-order valence-corrected chi connectivity index (χ2v) is 5.29. The van der Waals surface area contributed by atoms with Crippen molar-refractivity contribution in [1.29, 1.82) is 0 Å². The van der Waals surface area contributed by atoms with E-state index in [0.717, 1.165) is 24.9 Å². The number of nitrogens with zero attached hydrogens (tertiary/aromatic N) is 1. The van der Waals surface area contributed by atoms with Crippen LogP contribution in [0.1, 0.15) is 19.3 Å². The molecule has 0 bridgehead atoms. The van der Waals surface area contributed by atoms with Gasteiger partial charge in [-0.05, 0) is 25.3 Å². The third kappa shape index (κ3) is 4.76. The predicted molar refractivity (Wildman–Crippen MR) is 60.3 cm³/mol. The van der Waals surface area contributed by atoms with Gasteiger partial charge in [-0.3, -0.25) is 4.98 Å². The summed E-state index contributed by atoms with van der Waals surface area (Å²) in [6, 6.07) is 0.920. The third-order valence-electron chi connectivity index (χ3n) is 2.12. The molecule has 1 rings (SSSR count). The zero-order chi connectivity index (χ0) is 12.7. The Bertz CT molecular complexity index is 451. The topological polar surface area (TPSA) is 79.3 Å². The van der Waals surface area contributed by atoms with E-state index in [2.05, 4.69) is 9.71 Å². The van der Waals surface area contributed by atoms with Crippen molar-refractivity contribution >= 4 is 10.0 Å². The molecule has 5 nitrogen and oxygen atoms in total. The Morgan fingerprint density at radius 1 is 1.29 bits per heavy atom. The molecule has 0 saturated carbocycles. The number of hydrogen-bond acceptors (Lipinski definition) is 4. The maximum absolute atomic E-state index is 12.8. The molecule has 0 unspecified atom stereocenters. The Balaban J connectivity index is 2.51. The summed E-state index contributed by atoms with van der Waals surface area (Å²) in [5, 5.41) is 8.55. The molecule has 7 heteroatoms. The number of nitrogens with one attached hydrogen (secondary N) is 1. The second-order valence-electron chi connectivity index (χ2n) is 3.52. The zero-order valence-corrected chi connectivity index (χ0v) is 10.1. The highest BCUT2D eigenvalue weighted by molar-refractivity contribution is 7.89. The molecule has 0 amide bonds. The van der Waals surface area contributed by atoms with Crippen LogP contribution in [0.5, 0.6) is 0 Å². The molecular weight excluding hydrogens is 247 g/mol. The van der Waals surface area contributed by atoms with Crippen LogP contribution in [0.4, 0.5) is 4.39 Å². The van der Waals surface area contributed by atoms with Gasteiger partial charge in [0.15, 0.2) is 0 Å². The molecule has 0 radical (unpaired) electrons. The summed E-state index contributed by atoms with van der Waals surface area (Å²) in [5.41, 5.74) is 0. The summed E-state index contributed by atoms with van der Waals surface area (Å²) in [7, 11) is -3.68. The van der Waals surface area contributed by atoms with E-state index >= 15 is 0 Å². The monoisotopic (exact) mass is 262 g/mol. The van der Waals surface area contributed by atoms with Crippen LogP contribution >= 0.6 is 0 Å².